The average Bonchev–Trinajstić information content (AvgIpc) is 2.48. The Bertz CT molecular complexity index is 680. The first-order valence-corrected chi connectivity index (χ1v) is 7.72. The van der Waals surface area contributed by atoms with E-state index >= 15 is 0 Å². The molecule has 0 bridgehead atoms. The molecule has 0 heterocycles. The van der Waals surface area contributed by atoms with Gasteiger partial charge in [0.05, 0.1) is 13.6 Å². The smallest absolute Gasteiger partial charge is 0.265 e. The largest absolute Gasteiger partial charge is 0.488 e. The number of amides is 1. The van der Waals surface area contributed by atoms with E-state index in [1.807, 2.05) is 6.07 Å². The molecule has 0 aliphatic heterocycles. The second-order valence-corrected chi connectivity index (χ2v) is 6.13. The van der Waals surface area contributed by atoms with Crippen molar-refractivity contribution in [2.24, 2.45) is 5.84 Å². The number of benzene rings is 2. The number of carbonyl (C=O) groups is 1. The van der Waals surface area contributed by atoms with Gasteiger partial charge in [-0.1, -0.05) is 29.3 Å². The Balaban J connectivity index is 2.09. The molecule has 2 aromatic rings. The summed E-state index contributed by atoms with van der Waals surface area (Å²) in [6, 6.07) is 10.4. The highest BCUT2D eigenvalue weighted by molar-refractivity contribution is 14.1. The van der Waals surface area contributed by atoms with Crippen LogP contribution in [0.15, 0.2) is 36.4 Å². The number of rotatable bonds is 4. The minimum absolute atomic E-state index is 0.344. The molecule has 7 heteroatoms. The van der Waals surface area contributed by atoms with Gasteiger partial charge in [-0.2, -0.15) is 0 Å². The molecule has 0 unspecified atom stereocenters. The predicted octanol–water partition coefficient (Wildman–Crippen LogP) is 3.78. The highest BCUT2D eigenvalue weighted by atomic mass is 127. The summed E-state index contributed by atoms with van der Waals surface area (Å²) in [7, 11) is 0. The fourth-order valence-electron chi connectivity index (χ4n) is 1.63. The number of nitrogens with two attached hydrogens (primary N) is 1. The first-order valence-electron chi connectivity index (χ1n) is 5.88. The van der Waals surface area contributed by atoms with Gasteiger partial charge in [0.1, 0.15) is 12.4 Å². The van der Waals surface area contributed by atoms with Gasteiger partial charge in [0.25, 0.3) is 5.91 Å². The number of hydrogen-bond acceptors (Lipinski definition) is 3. The molecular formula is C14H11Cl2IN2O2. The van der Waals surface area contributed by atoms with Crippen LogP contribution in [0.1, 0.15) is 15.9 Å². The van der Waals surface area contributed by atoms with Crippen molar-refractivity contribution in [2.45, 2.75) is 6.61 Å². The van der Waals surface area contributed by atoms with Crippen LogP contribution in [0.5, 0.6) is 5.75 Å². The first-order chi connectivity index (χ1) is 10.0. The zero-order valence-corrected chi connectivity index (χ0v) is 14.4. The monoisotopic (exact) mass is 436 g/mol. The van der Waals surface area contributed by atoms with Crippen LogP contribution in [0.4, 0.5) is 0 Å². The summed E-state index contributed by atoms with van der Waals surface area (Å²) in [6.07, 6.45) is 0. The maximum absolute atomic E-state index is 11.4. The molecule has 2 rings (SSSR count). The molecule has 21 heavy (non-hydrogen) atoms. The van der Waals surface area contributed by atoms with E-state index in [-0.39, 0.29) is 5.91 Å². The molecule has 110 valence electrons. The molecule has 0 saturated carbocycles. The van der Waals surface area contributed by atoms with Gasteiger partial charge in [0.2, 0.25) is 0 Å². The van der Waals surface area contributed by atoms with Gasteiger partial charge in [0.15, 0.2) is 0 Å². The molecule has 0 spiro atoms. The second-order valence-electron chi connectivity index (χ2n) is 4.16. The van der Waals surface area contributed by atoms with E-state index in [1.165, 1.54) is 0 Å². The van der Waals surface area contributed by atoms with Crippen molar-refractivity contribution >= 4 is 51.7 Å². The SMILES string of the molecule is NNC(=O)c1ccc(OCc2ccc(Cl)c(Cl)c2)c(I)c1. The van der Waals surface area contributed by atoms with Crippen LogP contribution >= 0.6 is 45.8 Å². The van der Waals surface area contributed by atoms with Crippen LogP contribution in [0.25, 0.3) is 0 Å². The normalized spacial score (nSPS) is 10.3. The quantitative estimate of drug-likeness (QED) is 0.332. The third-order valence-corrected chi connectivity index (χ3v) is 4.29. The Morgan fingerprint density at radius 2 is 1.95 bits per heavy atom. The van der Waals surface area contributed by atoms with E-state index in [1.54, 1.807) is 30.3 Å². The zero-order chi connectivity index (χ0) is 15.4. The summed E-state index contributed by atoms with van der Waals surface area (Å²) in [6.45, 7) is 0.356. The summed E-state index contributed by atoms with van der Waals surface area (Å²) in [4.78, 5) is 11.4. The first kappa shape index (κ1) is 16.4. The van der Waals surface area contributed by atoms with Crippen LogP contribution in [0, 0.1) is 3.57 Å². The molecule has 0 aliphatic rings. The summed E-state index contributed by atoms with van der Waals surface area (Å²) in [5.41, 5.74) is 3.47. The van der Waals surface area contributed by atoms with Gasteiger partial charge in [-0.05, 0) is 58.5 Å². The van der Waals surface area contributed by atoms with Gasteiger partial charge in [-0.25, -0.2) is 5.84 Å². The van der Waals surface area contributed by atoms with E-state index in [2.05, 4.69) is 28.0 Å². The molecular weight excluding hydrogens is 426 g/mol. The topological polar surface area (TPSA) is 64.3 Å². The number of halogens is 3. The second kappa shape index (κ2) is 7.31. The maximum atomic E-state index is 11.4. The van der Waals surface area contributed by atoms with Gasteiger partial charge in [-0.15, -0.1) is 0 Å². The van der Waals surface area contributed by atoms with Crippen LogP contribution in [0.3, 0.4) is 0 Å². The van der Waals surface area contributed by atoms with Crippen LogP contribution in [-0.4, -0.2) is 5.91 Å². The van der Waals surface area contributed by atoms with Crippen molar-refractivity contribution in [1.82, 2.24) is 5.43 Å². The Kier molecular flexibility index (Phi) is 5.69. The Morgan fingerprint density at radius 1 is 1.19 bits per heavy atom. The van der Waals surface area contributed by atoms with Crippen LogP contribution < -0.4 is 16.0 Å². The van der Waals surface area contributed by atoms with Crippen molar-refractivity contribution in [3.8, 4) is 5.75 Å². The summed E-state index contributed by atoms with van der Waals surface area (Å²) in [5.74, 6) is 5.43. The molecule has 0 atom stereocenters. The molecule has 0 fully saturated rings. The Hall–Kier alpha value is -1.02. The number of hydrazine groups is 1. The summed E-state index contributed by atoms with van der Waals surface area (Å²) in [5, 5.41) is 0.995. The lowest BCUT2D eigenvalue weighted by Crippen LogP contribution is -2.29. The fraction of sp³-hybridized carbons (Fsp3) is 0.0714. The lowest BCUT2D eigenvalue weighted by atomic mass is 10.2. The highest BCUT2D eigenvalue weighted by Gasteiger charge is 2.08. The summed E-state index contributed by atoms with van der Waals surface area (Å²) >= 11 is 13.9. The van der Waals surface area contributed by atoms with Crippen molar-refractivity contribution in [1.29, 1.82) is 0 Å². The minimum atomic E-state index is -0.344. The molecule has 4 nitrogen and oxygen atoms in total. The lowest BCUT2D eigenvalue weighted by Gasteiger charge is -2.10. The highest BCUT2D eigenvalue weighted by Crippen LogP contribution is 2.25. The summed E-state index contributed by atoms with van der Waals surface area (Å²) < 4.78 is 6.53. The van der Waals surface area contributed by atoms with E-state index in [0.29, 0.717) is 28.0 Å². The lowest BCUT2D eigenvalue weighted by molar-refractivity contribution is 0.0953. The molecule has 0 aliphatic carbocycles. The van der Waals surface area contributed by atoms with Crippen molar-refractivity contribution in [3.05, 3.63) is 61.1 Å². The zero-order valence-electron chi connectivity index (χ0n) is 10.7. The van der Waals surface area contributed by atoms with Gasteiger partial charge in [-0.3, -0.25) is 10.2 Å². The Morgan fingerprint density at radius 3 is 2.57 bits per heavy atom. The molecule has 1 amide bonds. The number of carbonyl (C=O) groups excluding carboxylic acids is 1. The fourth-order valence-corrected chi connectivity index (χ4v) is 2.62. The van der Waals surface area contributed by atoms with Crippen molar-refractivity contribution < 1.29 is 9.53 Å². The molecule has 0 radical (unpaired) electrons. The third-order valence-electron chi connectivity index (χ3n) is 2.70. The van der Waals surface area contributed by atoms with Crippen molar-refractivity contribution in [2.75, 3.05) is 0 Å². The number of nitrogens with one attached hydrogen (secondary N) is 1. The van der Waals surface area contributed by atoms with E-state index in [0.717, 1.165) is 9.13 Å². The predicted molar refractivity (Wildman–Crippen MR) is 91.6 cm³/mol. The molecule has 2 aromatic carbocycles. The van der Waals surface area contributed by atoms with E-state index in [9.17, 15) is 4.79 Å². The molecule has 0 aromatic heterocycles. The van der Waals surface area contributed by atoms with Crippen molar-refractivity contribution in [3.63, 3.8) is 0 Å². The van der Waals surface area contributed by atoms with Gasteiger partial charge in [0, 0.05) is 5.56 Å². The molecule has 0 saturated heterocycles. The molecule has 3 N–H and O–H groups in total. The van der Waals surface area contributed by atoms with Gasteiger partial charge < -0.3 is 4.74 Å². The number of ether oxygens (including phenoxy) is 1. The minimum Gasteiger partial charge on any atom is -0.488 e. The third kappa shape index (κ3) is 4.23. The number of nitrogen functional groups attached to an aromatic ring is 1. The van der Waals surface area contributed by atoms with Crippen LogP contribution in [-0.2, 0) is 6.61 Å². The van der Waals surface area contributed by atoms with E-state index < -0.39 is 0 Å². The standard InChI is InChI=1S/C14H11Cl2IN2O2/c15-10-3-1-8(5-11(10)16)7-21-13-4-2-9(6-12(13)17)14(20)19-18/h1-6H,7,18H2,(H,19,20). The van der Waals surface area contributed by atoms with E-state index in [4.69, 9.17) is 33.8 Å². The Labute approximate surface area is 145 Å². The number of hydrogen-bond donors (Lipinski definition) is 2. The average molecular weight is 437 g/mol. The van der Waals surface area contributed by atoms with Gasteiger partial charge >= 0.3 is 0 Å². The maximum Gasteiger partial charge on any atom is 0.265 e. The van der Waals surface area contributed by atoms with Crippen LogP contribution in [0.2, 0.25) is 10.0 Å².